The van der Waals surface area contributed by atoms with Crippen molar-refractivity contribution in [3.05, 3.63) is 36.3 Å². The molecule has 0 unspecified atom stereocenters. The molecule has 0 aliphatic carbocycles. The molecule has 0 aromatic carbocycles. The van der Waals surface area contributed by atoms with Gasteiger partial charge in [-0.15, -0.1) is 0 Å². The fraction of sp³-hybridized carbons (Fsp3) is 0. The van der Waals surface area contributed by atoms with Crippen molar-refractivity contribution in [2.24, 2.45) is 0 Å². The van der Waals surface area contributed by atoms with Gasteiger partial charge in [-0.25, -0.2) is 9.17 Å². The molecule has 14 heavy (non-hydrogen) atoms. The van der Waals surface area contributed by atoms with Crippen LogP contribution in [0.1, 0.15) is 10.4 Å². The smallest absolute Gasteiger partial charge is 0.336 e. The summed E-state index contributed by atoms with van der Waals surface area (Å²) in [7, 11) is 0. The maximum Gasteiger partial charge on any atom is 0.336 e. The van der Waals surface area contributed by atoms with E-state index in [9.17, 15) is 4.79 Å². The monoisotopic (exact) mass is 206 g/mol. The lowest BCUT2D eigenvalue weighted by atomic mass is 10.1. The van der Waals surface area contributed by atoms with Crippen molar-refractivity contribution in [1.29, 1.82) is 0 Å². The van der Waals surface area contributed by atoms with Gasteiger partial charge in [-0.3, -0.25) is 4.98 Å². The van der Waals surface area contributed by atoms with E-state index >= 15 is 0 Å². The second-order valence-corrected chi connectivity index (χ2v) is 3.44. The molecular weight excluding hydrogens is 200 g/mol. The third-order valence-electron chi connectivity index (χ3n) is 1.75. The van der Waals surface area contributed by atoms with E-state index in [1.165, 1.54) is 30.0 Å². The molecule has 2 rings (SSSR count). The van der Waals surface area contributed by atoms with Crippen LogP contribution in [-0.4, -0.2) is 20.4 Å². The second kappa shape index (κ2) is 3.55. The highest BCUT2D eigenvalue weighted by Crippen LogP contribution is 2.25. The number of carboxylic acids is 1. The summed E-state index contributed by atoms with van der Waals surface area (Å²) in [6, 6.07) is 3.26. The topological polar surface area (TPSA) is 63.1 Å². The highest BCUT2D eigenvalue weighted by Gasteiger charge is 2.11. The first-order valence-electron chi connectivity index (χ1n) is 3.87. The first kappa shape index (κ1) is 8.83. The Labute approximate surface area is 84.0 Å². The lowest BCUT2D eigenvalue weighted by molar-refractivity contribution is 0.0697. The lowest BCUT2D eigenvalue weighted by Gasteiger charge is -2.00. The van der Waals surface area contributed by atoms with Crippen LogP contribution in [0.5, 0.6) is 0 Å². The Bertz CT molecular complexity index is 454. The van der Waals surface area contributed by atoms with Crippen LogP contribution in [0.3, 0.4) is 0 Å². The van der Waals surface area contributed by atoms with E-state index in [1.54, 1.807) is 12.3 Å². The van der Waals surface area contributed by atoms with Gasteiger partial charge in [-0.1, -0.05) is 0 Å². The number of aromatic nitrogens is 2. The zero-order chi connectivity index (χ0) is 9.97. The molecular formula is C9H6N2O2S. The van der Waals surface area contributed by atoms with Crippen LogP contribution in [0, 0.1) is 0 Å². The molecule has 0 bridgehead atoms. The number of pyridine rings is 1. The molecule has 0 saturated carbocycles. The molecule has 5 heteroatoms. The van der Waals surface area contributed by atoms with Crippen LogP contribution in [-0.2, 0) is 0 Å². The highest BCUT2D eigenvalue weighted by atomic mass is 32.1. The zero-order valence-corrected chi connectivity index (χ0v) is 7.86. The molecule has 0 fully saturated rings. The maximum atomic E-state index is 10.9. The van der Waals surface area contributed by atoms with Crippen LogP contribution in [0.15, 0.2) is 30.7 Å². The Morgan fingerprint density at radius 1 is 1.36 bits per heavy atom. The van der Waals surface area contributed by atoms with Crippen LogP contribution in [0.2, 0.25) is 0 Å². The quantitative estimate of drug-likeness (QED) is 0.815. The normalized spacial score (nSPS) is 10.0. The molecule has 70 valence electrons. The summed E-state index contributed by atoms with van der Waals surface area (Å²) in [5.41, 5.74) is 0.867. The van der Waals surface area contributed by atoms with Gasteiger partial charge in [-0.05, 0) is 23.7 Å². The van der Waals surface area contributed by atoms with Gasteiger partial charge in [0.2, 0.25) is 0 Å². The first-order valence-corrected chi connectivity index (χ1v) is 4.65. The molecule has 0 aliphatic heterocycles. The Hall–Kier alpha value is -1.75. The van der Waals surface area contributed by atoms with Gasteiger partial charge >= 0.3 is 5.97 Å². The highest BCUT2D eigenvalue weighted by molar-refractivity contribution is 7.09. The predicted molar refractivity (Wildman–Crippen MR) is 52.3 cm³/mol. The van der Waals surface area contributed by atoms with E-state index in [0.29, 0.717) is 5.56 Å². The largest absolute Gasteiger partial charge is 0.478 e. The van der Waals surface area contributed by atoms with E-state index in [2.05, 4.69) is 9.36 Å². The maximum absolute atomic E-state index is 10.9. The Morgan fingerprint density at radius 2 is 2.21 bits per heavy atom. The number of carbonyl (C=O) groups is 1. The Balaban J connectivity index is 2.58. The fourth-order valence-corrected chi connectivity index (χ4v) is 1.75. The Kier molecular flexibility index (Phi) is 2.24. The van der Waals surface area contributed by atoms with Gasteiger partial charge in [0.25, 0.3) is 0 Å². The van der Waals surface area contributed by atoms with Crippen molar-refractivity contribution in [3.63, 3.8) is 0 Å². The van der Waals surface area contributed by atoms with Gasteiger partial charge in [0.05, 0.1) is 10.4 Å². The predicted octanol–water partition coefficient (Wildman–Crippen LogP) is 1.90. The summed E-state index contributed by atoms with van der Waals surface area (Å²) in [6.07, 6.45) is 4.64. The number of rotatable bonds is 2. The molecule has 0 spiro atoms. The zero-order valence-electron chi connectivity index (χ0n) is 7.04. The molecule has 2 aromatic rings. The molecule has 0 amide bonds. The average Bonchev–Trinajstić information content (AvgIpc) is 2.70. The molecule has 1 N–H and O–H groups in total. The number of nitrogens with zero attached hydrogens (tertiary/aromatic N) is 2. The molecule has 2 aromatic heterocycles. The van der Waals surface area contributed by atoms with Crippen molar-refractivity contribution < 1.29 is 9.90 Å². The van der Waals surface area contributed by atoms with Crippen molar-refractivity contribution in [2.75, 3.05) is 0 Å². The van der Waals surface area contributed by atoms with Crippen LogP contribution in [0.25, 0.3) is 10.4 Å². The second-order valence-electron chi connectivity index (χ2n) is 2.60. The van der Waals surface area contributed by atoms with Gasteiger partial charge in [0, 0.05) is 24.2 Å². The summed E-state index contributed by atoms with van der Waals surface area (Å²) in [4.78, 5) is 15.6. The molecule has 0 saturated heterocycles. The summed E-state index contributed by atoms with van der Waals surface area (Å²) in [5.74, 6) is -0.948. The van der Waals surface area contributed by atoms with E-state index in [1.807, 2.05) is 0 Å². The molecule has 4 nitrogen and oxygen atoms in total. The number of hydrogen-bond donors (Lipinski definition) is 1. The van der Waals surface area contributed by atoms with Gasteiger partial charge in [-0.2, -0.15) is 0 Å². The Morgan fingerprint density at radius 3 is 2.86 bits per heavy atom. The van der Waals surface area contributed by atoms with Gasteiger partial charge < -0.3 is 5.11 Å². The standard InChI is InChI=1S/C9H6N2O2S/c12-9(13)6-1-3-10-5-7(6)8-2-4-11-14-8/h1-5H,(H,12,13). The average molecular weight is 206 g/mol. The first-order chi connectivity index (χ1) is 6.79. The summed E-state index contributed by atoms with van der Waals surface area (Å²) < 4.78 is 3.92. The summed E-state index contributed by atoms with van der Waals surface area (Å²) in [6.45, 7) is 0. The summed E-state index contributed by atoms with van der Waals surface area (Å²) >= 11 is 1.25. The molecule has 0 aliphatic rings. The van der Waals surface area contributed by atoms with E-state index in [4.69, 9.17) is 5.11 Å². The van der Waals surface area contributed by atoms with E-state index in [0.717, 1.165) is 4.88 Å². The van der Waals surface area contributed by atoms with Crippen LogP contribution >= 0.6 is 11.5 Å². The van der Waals surface area contributed by atoms with Crippen molar-refractivity contribution >= 4 is 17.5 Å². The molecule has 2 heterocycles. The summed E-state index contributed by atoms with van der Waals surface area (Å²) in [5, 5.41) is 8.92. The third-order valence-corrected chi connectivity index (χ3v) is 2.53. The fourth-order valence-electron chi connectivity index (χ4n) is 1.13. The number of carboxylic acid groups (broad SMARTS) is 1. The third kappa shape index (κ3) is 1.49. The minimum Gasteiger partial charge on any atom is -0.478 e. The van der Waals surface area contributed by atoms with Crippen LogP contribution < -0.4 is 0 Å². The molecule has 0 radical (unpaired) electrons. The lowest BCUT2D eigenvalue weighted by Crippen LogP contribution is -1.98. The van der Waals surface area contributed by atoms with Crippen LogP contribution in [0.4, 0.5) is 0 Å². The van der Waals surface area contributed by atoms with E-state index in [-0.39, 0.29) is 5.56 Å². The van der Waals surface area contributed by atoms with Gasteiger partial charge in [0.1, 0.15) is 0 Å². The van der Waals surface area contributed by atoms with Gasteiger partial charge in [0.15, 0.2) is 0 Å². The number of hydrogen-bond acceptors (Lipinski definition) is 4. The minimum atomic E-state index is -0.948. The molecule has 0 atom stereocenters. The minimum absolute atomic E-state index is 0.254. The van der Waals surface area contributed by atoms with E-state index < -0.39 is 5.97 Å². The SMILES string of the molecule is O=C(O)c1ccncc1-c1ccns1. The van der Waals surface area contributed by atoms with Crippen molar-refractivity contribution in [3.8, 4) is 10.4 Å². The van der Waals surface area contributed by atoms with Crippen molar-refractivity contribution in [2.45, 2.75) is 0 Å². The van der Waals surface area contributed by atoms with Crippen molar-refractivity contribution in [1.82, 2.24) is 9.36 Å². The number of aromatic carboxylic acids is 1.